The summed E-state index contributed by atoms with van der Waals surface area (Å²) in [5.74, 6) is 1.03. The van der Waals surface area contributed by atoms with E-state index in [1.165, 1.54) is 0 Å². The maximum Gasteiger partial charge on any atom is 0.153 e. The van der Waals surface area contributed by atoms with E-state index in [0.29, 0.717) is 16.7 Å². The van der Waals surface area contributed by atoms with Crippen molar-refractivity contribution in [2.45, 2.75) is 6.92 Å². The third kappa shape index (κ3) is 2.41. The summed E-state index contributed by atoms with van der Waals surface area (Å²) in [6.07, 6.45) is 0. The minimum atomic E-state index is 0.396. The van der Waals surface area contributed by atoms with Crippen molar-refractivity contribution < 1.29 is 0 Å². The highest BCUT2D eigenvalue weighted by atomic mass is 35.5. The van der Waals surface area contributed by atoms with E-state index in [-0.39, 0.29) is 0 Å². The van der Waals surface area contributed by atoms with Gasteiger partial charge in [0.2, 0.25) is 0 Å². The number of nitrogens with zero attached hydrogens (tertiary/aromatic N) is 2. The van der Waals surface area contributed by atoms with Crippen LogP contribution in [-0.4, -0.2) is 10.2 Å². The molecule has 82 valence electrons. The number of nitrogen functional groups attached to an aromatic ring is 1. The summed E-state index contributed by atoms with van der Waals surface area (Å²) >= 11 is 6.01. The smallest absolute Gasteiger partial charge is 0.153 e. The van der Waals surface area contributed by atoms with Gasteiger partial charge in [-0.2, -0.15) is 0 Å². The molecule has 2 aromatic rings. The minimum Gasteiger partial charge on any atom is -0.382 e. The van der Waals surface area contributed by atoms with E-state index in [4.69, 9.17) is 17.3 Å². The Morgan fingerprint density at radius 2 is 2.00 bits per heavy atom. The molecule has 0 radical (unpaired) electrons. The van der Waals surface area contributed by atoms with Gasteiger partial charge < -0.3 is 11.1 Å². The fourth-order valence-electron chi connectivity index (χ4n) is 1.23. The number of rotatable bonds is 2. The van der Waals surface area contributed by atoms with Crippen LogP contribution in [0.4, 0.5) is 17.3 Å². The maximum atomic E-state index is 6.01. The minimum absolute atomic E-state index is 0.396. The van der Waals surface area contributed by atoms with E-state index in [0.717, 1.165) is 11.3 Å². The Kier molecular flexibility index (Phi) is 2.92. The molecule has 0 saturated carbocycles. The Bertz CT molecular complexity index is 496. The van der Waals surface area contributed by atoms with Gasteiger partial charge in [-0.05, 0) is 36.8 Å². The summed E-state index contributed by atoms with van der Waals surface area (Å²) < 4.78 is 0. The first-order valence-electron chi connectivity index (χ1n) is 4.77. The average Bonchev–Trinajstić information content (AvgIpc) is 2.27. The van der Waals surface area contributed by atoms with Crippen LogP contribution in [0.2, 0.25) is 5.02 Å². The molecule has 0 fully saturated rings. The second-order valence-corrected chi connectivity index (χ2v) is 3.84. The lowest BCUT2D eigenvalue weighted by atomic mass is 10.2. The zero-order valence-corrected chi connectivity index (χ0v) is 9.49. The summed E-state index contributed by atoms with van der Waals surface area (Å²) in [6.45, 7) is 1.95. The van der Waals surface area contributed by atoms with E-state index in [9.17, 15) is 0 Å². The largest absolute Gasteiger partial charge is 0.382 e. The highest BCUT2D eigenvalue weighted by molar-refractivity contribution is 6.31. The number of hydrogen-bond donors (Lipinski definition) is 2. The van der Waals surface area contributed by atoms with Gasteiger partial charge in [0.25, 0.3) is 0 Å². The van der Waals surface area contributed by atoms with E-state index in [1.807, 2.05) is 25.1 Å². The first kappa shape index (κ1) is 10.7. The SMILES string of the molecule is Cc1ccc(Nc2ccc(N)nn2)cc1Cl. The molecular formula is C11H11ClN4. The van der Waals surface area contributed by atoms with Crippen molar-refractivity contribution in [1.29, 1.82) is 0 Å². The molecule has 0 aliphatic rings. The summed E-state index contributed by atoms with van der Waals surface area (Å²) in [6, 6.07) is 9.16. The van der Waals surface area contributed by atoms with Crippen LogP contribution in [0, 0.1) is 6.92 Å². The summed E-state index contributed by atoms with van der Waals surface area (Å²) in [7, 11) is 0. The van der Waals surface area contributed by atoms with Gasteiger partial charge in [0.1, 0.15) is 5.82 Å². The van der Waals surface area contributed by atoms with E-state index in [2.05, 4.69) is 15.5 Å². The molecule has 1 heterocycles. The standard InChI is InChI=1S/C11H11ClN4/c1-7-2-3-8(6-9(7)12)14-11-5-4-10(13)15-16-11/h2-6H,1H3,(H2,13,15)(H,14,16). The number of hydrogen-bond acceptors (Lipinski definition) is 4. The van der Waals surface area contributed by atoms with Crippen LogP contribution in [0.15, 0.2) is 30.3 Å². The van der Waals surface area contributed by atoms with Crippen molar-refractivity contribution in [3.63, 3.8) is 0 Å². The molecule has 16 heavy (non-hydrogen) atoms. The lowest BCUT2D eigenvalue weighted by Gasteiger charge is -2.06. The molecule has 1 aromatic carbocycles. The zero-order chi connectivity index (χ0) is 11.5. The lowest BCUT2D eigenvalue weighted by molar-refractivity contribution is 1.05. The van der Waals surface area contributed by atoms with Crippen molar-refractivity contribution in [1.82, 2.24) is 10.2 Å². The fraction of sp³-hybridized carbons (Fsp3) is 0.0909. The van der Waals surface area contributed by atoms with Crippen molar-refractivity contribution in [2.24, 2.45) is 0 Å². The Balaban J connectivity index is 2.20. The highest BCUT2D eigenvalue weighted by Crippen LogP contribution is 2.22. The van der Waals surface area contributed by atoms with Gasteiger partial charge in [0.05, 0.1) is 0 Å². The maximum absolute atomic E-state index is 6.01. The molecule has 1 aromatic heterocycles. The van der Waals surface area contributed by atoms with E-state index < -0.39 is 0 Å². The van der Waals surface area contributed by atoms with E-state index >= 15 is 0 Å². The van der Waals surface area contributed by atoms with E-state index in [1.54, 1.807) is 12.1 Å². The molecule has 0 bridgehead atoms. The summed E-state index contributed by atoms with van der Waals surface area (Å²) in [4.78, 5) is 0. The topological polar surface area (TPSA) is 63.8 Å². The van der Waals surface area contributed by atoms with Crippen molar-refractivity contribution in [3.8, 4) is 0 Å². The van der Waals surface area contributed by atoms with Crippen LogP contribution in [0.3, 0.4) is 0 Å². The third-order valence-electron chi connectivity index (χ3n) is 2.13. The predicted octanol–water partition coefficient (Wildman–Crippen LogP) is 2.76. The zero-order valence-electron chi connectivity index (χ0n) is 8.74. The van der Waals surface area contributed by atoms with Crippen molar-refractivity contribution in [2.75, 3.05) is 11.1 Å². The monoisotopic (exact) mass is 234 g/mol. The summed E-state index contributed by atoms with van der Waals surface area (Å²) in [5, 5.41) is 11.4. The third-order valence-corrected chi connectivity index (χ3v) is 2.54. The number of nitrogens with two attached hydrogens (primary N) is 1. The van der Waals surface area contributed by atoms with Gasteiger partial charge in [0, 0.05) is 10.7 Å². The van der Waals surface area contributed by atoms with Gasteiger partial charge in [-0.1, -0.05) is 17.7 Å². The molecule has 0 unspecified atom stereocenters. The summed E-state index contributed by atoms with van der Waals surface area (Å²) in [5.41, 5.74) is 7.35. The second kappa shape index (κ2) is 4.37. The molecule has 3 N–H and O–H groups in total. The predicted molar refractivity (Wildman–Crippen MR) is 65.9 cm³/mol. The number of aromatic nitrogens is 2. The molecule has 0 aliphatic heterocycles. The van der Waals surface area contributed by atoms with Crippen LogP contribution in [0.5, 0.6) is 0 Å². The highest BCUT2D eigenvalue weighted by Gasteiger charge is 1.99. The number of benzene rings is 1. The molecule has 0 amide bonds. The number of aryl methyl sites for hydroxylation is 1. The Hall–Kier alpha value is -1.81. The number of halogens is 1. The molecule has 0 aliphatic carbocycles. The first-order valence-corrected chi connectivity index (χ1v) is 5.15. The molecule has 0 atom stereocenters. The van der Waals surface area contributed by atoms with Gasteiger partial charge in [0.15, 0.2) is 5.82 Å². The second-order valence-electron chi connectivity index (χ2n) is 3.43. The number of nitrogens with one attached hydrogen (secondary N) is 1. The van der Waals surface area contributed by atoms with Crippen LogP contribution in [0.25, 0.3) is 0 Å². The van der Waals surface area contributed by atoms with Gasteiger partial charge >= 0.3 is 0 Å². The van der Waals surface area contributed by atoms with Gasteiger partial charge in [-0.15, -0.1) is 10.2 Å². The Morgan fingerprint density at radius 1 is 1.19 bits per heavy atom. The Labute approximate surface area is 98.5 Å². The van der Waals surface area contributed by atoms with Crippen LogP contribution in [0.1, 0.15) is 5.56 Å². The molecule has 0 spiro atoms. The van der Waals surface area contributed by atoms with Crippen LogP contribution < -0.4 is 11.1 Å². The molecule has 0 saturated heterocycles. The van der Waals surface area contributed by atoms with Crippen molar-refractivity contribution >= 4 is 28.9 Å². The van der Waals surface area contributed by atoms with Crippen molar-refractivity contribution in [3.05, 3.63) is 40.9 Å². The van der Waals surface area contributed by atoms with Crippen LogP contribution >= 0.6 is 11.6 Å². The molecule has 2 rings (SSSR count). The first-order chi connectivity index (χ1) is 7.65. The van der Waals surface area contributed by atoms with Crippen LogP contribution in [-0.2, 0) is 0 Å². The fourth-order valence-corrected chi connectivity index (χ4v) is 1.41. The Morgan fingerprint density at radius 3 is 2.62 bits per heavy atom. The van der Waals surface area contributed by atoms with Gasteiger partial charge in [-0.3, -0.25) is 0 Å². The normalized spacial score (nSPS) is 10.1. The average molecular weight is 235 g/mol. The molecular weight excluding hydrogens is 224 g/mol. The molecule has 4 nitrogen and oxygen atoms in total. The molecule has 5 heteroatoms. The van der Waals surface area contributed by atoms with Gasteiger partial charge in [-0.25, -0.2) is 0 Å². The lowest BCUT2D eigenvalue weighted by Crippen LogP contribution is -1.98. The quantitative estimate of drug-likeness (QED) is 0.839. The number of anilines is 3.